The first kappa shape index (κ1) is 28.3. The standard InChI is InChI=1S/C17H14Cl2N2O.C5H11NO.2CH2O/c1-10-2-4-11(5-3-10)9-20-17(22)16-15(19)13-8-12(18)6-7-14(13)21-16;1-6-2-4-7-5-3-6;2*1-2/h2-8,21H,9H2,1H3,(H,20,22);2-5H2,1H3;2*1H2. The summed E-state index contributed by atoms with van der Waals surface area (Å²) in [6.45, 7) is 10.5. The van der Waals surface area contributed by atoms with E-state index in [1.807, 2.05) is 44.8 Å². The molecule has 0 atom stereocenters. The van der Waals surface area contributed by atoms with Crippen LogP contribution < -0.4 is 5.32 Å². The predicted octanol–water partition coefficient (Wildman–Crippen LogP) is 4.29. The molecule has 1 fully saturated rings. The van der Waals surface area contributed by atoms with Crippen LogP contribution in [0.3, 0.4) is 0 Å². The number of aromatic nitrogens is 1. The lowest BCUT2D eigenvalue weighted by molar-refractivity contribution is -0.0987. The number of H-pyrrole nitrogens is 1. The minimum atomic E-state index is -0.238. The number of benzene rings is 2. The Labute approximate surface area is 204 Å². The Kier molecular flexibility index (Phi) is 13.0. The molecule has 1 aliphatic rings. The number of likely N-dealkylation sites (N-methyl/N-ethyl adjacent to an activating group) is 1. The average molecular weight is 494 g/mol. The Morgan fingerprint density at radius 3 is 2.21 bits per heavy atom. The molecule has 4 rings (SSSR count). The third-order valence-electron chi connectivity index (χ3n) is 4.73. The number of fused-ring (bicyclic) bond motifs is 1. The van der Waals surface area contributed by atoms with Crippen molar-refractivity contribution in [3.63, 3.8) is 0 Å². The van der Waals surface area contributed by atoms with E-state index in [0.717, 1.165) is 42.8 Å². The van der Waals surface area contributed by atoms with Crippen molar-refractivity contribution in [3.8, 4) is 0 Å². The Morgan fingerprint density at radius 2 is 1.67 bits per heavy atom. The summed E-state index contributed by atoms with van der Waals surface area (Å²) in [4.78, 5) is 33.6. The third kappa shape index (κ3) is 8.98. The summed E-state index contributed by atoms with van der Waals surface area (Å²) < 4.78 is 5.10. The maximum absolute atomic E-state index is 12.3. The van der Waals surface area contributed by atoms with Gasteiger partial charge in [-0.2, -0.15) is 0 Å². The number of hydrogen-bond acceptors (Lipinski definition) is 5. The third-order valence-corrected chi connectivity index (χ3v) is 5.36. The molecule has 0 aliphatic carbocycles. The highest BCUT2D eigenvalue weighted by molar-refractivity contribution is 6.39. The molecule has 3 aromatic rings. The minimum absolute atomic E-state index is 0.238. The number of ether oxygens (including phenoxy) is 1. The van der Waals surface area contributed by atoms with Crippen LogP contribution in [0.5, 0.6) is 0 Å². The van der Waals surface area contributed by atoms with Gasteiger partial charge in [0.15, 0.2) is 0 Å². The lowest BCUT2D eigenvalue weighted by atomic mass is 10.1. The van der Waals surface area contributed by atoms with Crippen LogP contribution in [0.1, 0.15) is 21.6 Å². The number of nitrogens with zero attached hydrogens (tertiary/aromatic N) is 1. The van der Waals surface area contributed by atoms with Crippen molar-refractivity contribution in [1.29, 1.82) is 0 Å². The molecule has 0 radical (unpaired) electrons. The zero-order chi connectivity index (χ0) is 24.8. The summed E-state index contributed by atoms with van der Waals surface area (Å²) in [5.41, 5.74) is 3.36. The molecule has 2 heterocycles. The van der Waals surface area contributed by atoms with Gasteiger partial charge in [-0.3, -0.25) is 4.79 Å². The summed E-state index contributed by atoms with van der Waals surface area (Å²) in [7, 11) is 2.11. The van der Waals surface area contributed by atoms with Gasteiger partial charge in [-0.15, -0.1) is 0 Å². The van der Waals surface area contributed by atoms with Gasteiger partial charge in [0.2, 0.25) is 0 Å². The molecular weight excluding hydrogens is 465 g/mol. The molecule has 0 unspecified atom stereocenters. The molecule has 2 aromatic carbocycles. The number of amides is 1. The molecule has 2 N–H and O–H groups in total. The van der Waals surface area contributed by atoms with Gasteiger partial charge in [0.25, 0.3) is 5.91 Å². The van der Waals surface area contributed by atoms with Crippen LogP contribution in [0.2, 0.25) is 10.0 Å². The first-order valence-corrected chi connectivity index (χ1v) is 10.8. The maximum Gasteiger partial charge on any atom is 0.269 e. The van der Waals surface area contributed by atoms with Gasteiger partial charge < -0.3 is 29.5 Å². The monoisotopic (exact) mass is 493 g/mol. The topological polar surface area (TPSA) is 91.5 Å². The van der Waals surface area contributed by atoms with Gasteiger partial charge in [0.1, 0.15) is 19.3 Å². The quantitative estimate of drug-likeness (QED) is 0.567. The van der Waals surface area contributed by atoms with Crippen molar-refractivity contribution in [1.82, 2.24) is 15.2 Å². The molecule has 1 aromatic heterocycles. The van der Waals surface area contributed by atoms with Crippen molar-refractivity contribution in [2.24, 2.45) is 0 Å². The van der Waals surface area contributed by atoms with Crippen LogP contribution >= 0.6 is 23.2 Å². The SMILES string of the molecule is C=O.C=O.CN1CCOCC1.Cc1ccc(CNC(=O)c2[nH]c3ccc(Cl)cc3c2Cl)cc1. The van der Waals surface area contributed by atoms with Crippen molar-refractivity contribution in [3.05, 3.63) is 69.3 Å². The van der Waals surface area contributed by atoms with Gasteiger partial charge in [-0.05, 0) is 37.7 Å². The lowest BCUT2D eigenvalue weighted by Crippen LogP contribution is -2.32. The summed E-state index contributed by atoms with van der Waals surface area (Å²) in [6, 6.07) is 13.3. The summed E-state index contributed by atoms with van der Waals surface area (Å²) in [6.07, 6.45) is 0. The molecule has 178 valence electrons. The highest BCUT2D eigenvalue weighted by Crippen LogP contribution is 2.29. The van der Waals surface area contributed by atoms with Crippen LogP contribution in [0, 0.1) is 6.92 Å². The van der Waals surface area contributed by atoms with E-state index >= 15 is 0 Å². The normalized spacial score (nSPS) is 12.8. The molecule has 1 amide bonds. The van der Waals surface area contributed by atoms with E-state index in [-0.39, 0.29) is 5.91 Å². The van der Waals surface area contributed by atoms with Crippen LogP contribution in [-0.4, -0.2) is 62.7 Å². The van der Waals surface area contributed by atoms with Gasteiger partial charge in [-0.25, -0.2) is 0 Å². The molecule has 1 aliphatic heterocycles. The number of carbonyl (C=O) groups excluding carboxylic acids is 3. The first-order valence-electron chi connectivity index (χ1n) is 10.1. The second-order valence-electron chi connectivity index (χ2n) is 7.09. The van der Waals surface area contributed by atoms with Gasteiger partial charge in [-0.1, -0.05) is 53.0 Å². The highest BCUT2D eigenvalue weighted by atomic mass is 35.5. The Bertz CT molecular complexity index is 1000. The Balaban J connectivity index is 0.000000415. The van der Waals surface area contributed by atoms with E-state index in [4.69, 9.17) is 37.5 Å². The maximum atomic E-state index is 12.3. The number of aromatic amines is 1. The first-order chi connectivity index (χ1) is 15.9. The lowest BCUT2D eigenvalue weighted by Gasteiger charge is -2.21. The summed E-state index contributed by atoms with van der Waals surface area (Å²) in [5, 5.41) is 4.58. The number of aryl methyl sites for hydroxylation is 1. The fourth-order valence-corrected chi connectivity index (χ4v) is 3.38. The van der Waals surface area contributed by atoms with E-state index in [9.17, 15) is 4.79 Å². The van der Waals surface area contributed by atoms with E-state index in [1.165, 1.54) is 5.56 Å². The van der Waals surface area contributed by atoms with Crippen molar-refractivity contribution in [2.45, 2.75) is 13.5 Å². The van der Waals surface area contributed by atoms with Gasteiger partial charge in [0.05, 0.1) is 18.2 Å². The zero-order valence-corrected chi connectivity index (χ0v) is 20.3. The zero-order valence-electron chi connectivity index (χ0n) is 18.8. The van der Waals surface area contributed by atoms with Crippen LogP contribution in [0.4, 0.5) is 0 Å². The van der Waals surface area contributed by atoms with Crippen molar-refractivity contribution >= 4 is 53.6 Å². The molecule has 33 heavy (non-hydrogen) atoms. The largest absolute Gasteiger partial charge is 0.379 e. The summed E-state index contributed by atoms with van der Waals surface area (Å²) >= 11 is 12.2. The van der Waals surface area contributed by atoms with Crippen LogP contribution in [0.15, 0.2) is 42.5 Å². The predicted molar refractivity (Wildman–Crippen MR) is 133 cm³/mol. The Morgan fingerprint density at radius 1 is 1.06 bits per heavy atom. The second-order valence-corrected chi connectivity index (χ2v) is 7.90. The molecule has 7 nitrogen and oxygen atoms in total. The molecule has 0 spiro atoms. The molecular formula is C24H29Cl2N3O4. The number of hydrogen-bond donors (Lipinski definition) is 2. The van der Waals surface area contributed by atoms with Crippen LogP contribution in [0.25, 0.3) is 10.9 Å². The fourth-order valence-electron chi connectivity index (χ4n) is 2.92. The van der Waals surface area contributed by atoms with E-state index in [0.29, 0.717) is 22.3 Å². The second kappa shape index (κ2) is 15.2. The van der Waals surface area contributed by atoms with Gasteiger partial charge in [0, 0.05) is 35.6 Å². The summed E-state index contributed by atoms with van der Waals surface area (Å²) in [5.74, 6) is -0.238. The highest BCUT2D eigenvalue weighted by Gasteiger charge is 2.16. The van der Waals surface area contributed by atoms with Crippen molar-refractivity contribution < 1.29 is 19.1 Å². The minimum Gasteiger partial charge on any atom is -0.379 e. The Hall–Kier alpha value is -2.71. The smallest absolute Gasteiger partial charge is 0.269 e. The molecule has 1 saturated heterocycles. The molecule has 0 saturated carbocycles. The average Bonchev–Trinajstić information content (AvgIpc) is 3.18. The van der Waals surface area contributed by atoms with Crippen LogP contribution in [-0.2, 0) is 20.9 Å². The number of rotatable bonds is 3. The van der Waals surface area contributed by atoms with E-state index < -0.39 is 0 Å². The van der Waals surface area contributed by atoms with Gasteiger partial charge >= 0.3 is 0 Å². The molecule has 9 heteroatoms. The number of halogens is 2. The molecule has 0 bridgehead atoms. The number of morpholine rings is 1. The number of carbonyl (C=O) groups is 3. The van der Waals surface area contributed by atoms with E-state index in [1.54, 1.807) is 18.2 Å². The van der Waals surface area contributed by atoms with Crippen molar-refractivity contribution in [2.75, 3.05) is 33.4 Å². The number of nitrogens with one attached hydrogen (secondary N) is 2. The van der Waals surface area contributed by atoms with E-state index in [2.05, 4.69) is 22.2 Å². The fraction of sp³-hybridized carbons (Fsp3) is 0.292.